The molecule has 1 amide bonds. The Hall–Kier alpha value is -1.51. The molecule has 0 aromatic carbocycles. The second-order valence-electron chi connectivity index (χ2n) is 10.8. The number of aliphatic hydroxyl groups excluding tert-OH is 1. The van der Waals surface area contributed by atoms with Crippen molar-refractivity contribution < 1.29 is 37.9 Å². The highest BCUT2D eigenvalue weighted by molar-refractivity contribution is 7.47. The van der Waals surface area contributed by atoms with Gasteiger partial charge in [-0.2, -0.15) is 0 Å². The topological polar surface area (TPSA) is 131 Å². The molecule has 0 aliphatic carbocycles. The SMILES string of the molecule is CCCCCC/C=C\C/C=C\CCCCCCCCCC(=O)OCC(O)COP(=O)(O)OCCNC(=O)CCCCC. The van der Waals surface area contributed by atoms with Crippen LogP contribution >= 0.6 is 7.82 Å². The van der Waals surface area contributed by atoms with Crippen LogP contribution in [0.1, 0.15) is 136 Å². The first kappa shape index (κ1) is 40.5. The zero-order chi connectivity index (χ0) is 31.2. The number of rotatable bonds is 30. The van der Waals surface area contributed by atoms with Crippen molar-refractivity contribution in [3.05, 3.63) is 24.3 Å². The summed E-state index contributed by atoms with van der Waals surface area (Å²) in [5, 5.41) is 12.5. The van der Waals surface area contributed by atoms with E-state index in [1.165, 1.54) is 51.4 Å². The summed E-state index contributed by atoms with van der Waals surface area (Å²) in [6.45, 7) is 3.32. The maximum Gasteiger partial charge on any atom is 0.472 e. The molecule has 0 aromatic heterocycles. The molecule has 42 heavy (non-hydrogen) atoms. The summed E-state index contributed by atoms with van der Waals surface area (Å²) in [7, 11) is -4.39. The van der Waals surface area contributed by atoms with Crippen molar-refractivity contribution in [3.63, 3.8) is 0 Å². The standard InChI is InChI=1S/C32H60NO8P/c1-3-5-7-8-9-10-11-12-13-14-15-16-17-18-19-20-21-23-25-32(36)39-28-30(34)29-41-42(37,38)40-27-26-33-31(35)24-22-6-4-2/h10-11,13-14,30,34H,3-9,12,15-29H2,1-2H3,(H,33,35)(H,37,38)/b11-10-,14-13-. The minimum atomic E-state index is -4.39. The number of amides is 1. The monoisotopic (exact) mass is 617 g/mol. The molecule has 246 valence electrons. The summed E-state index contributed by atoms with van der Waals surface area (Å²) in [4.78, 5) is 33.2. The lowest BCUT2D eigenvalue weighted by Crippen LogP contribution is -2.27. The fraction of sp³-hybridized carbons (Fsp3) is 0.812. The smallest absolute Gasteiger partial charge is 0.463 e. The Morgan fingerprint density at radius 3 is 1.93 bits per heavy atom. The number of esters is 1. The normalized spacial score (nSPS) is 13.9. The molecule has 0 heterocycles. The molecule has 0 saturated heterocycles. The lowest BCUT2D eigenvalue weighted by atomic mass is 10.1. The molecule has 0 aromatic rings. The third-order valence-electron chi connectivity index (χ3n) is 6.63. The largest absolute Gasteiger partial charge is 0.472 e. The van der Waals surface area contributed by atoms with Gasteiger partial charge >= 0.3 is 13.8 Å². The third kappa shape index (κ3) is 30.0. The van der Waals surface area contributed by atoms with Crippen LogP contribution in [0.3, 0.4) is 0 Å². The Bertz CT molecular complexity index is 759. The molecule has 0 aliphatic rings. The van der Waals surface area contributed by atoms with Gasteiger partial charge in [0.05, 0.1) is 13.2 Å². The van der Waals surface area contributed by atoms with Gasteiger partial charge in [-0.25, -0.2) is 4.57 Å². The number of phosphoric ester groups is 1. The summed E-state index contributed by atoms with van der Waals surface area (Å²) in [5.74, 6) is -0.551. The van der Waals surface area contributed by atoms with E-state index < -0.39 is 26.5 Å². The van der Waals surface area contributed by atoms with E-state index >= 15 is 0 Å². The fourth-order valence-electron chi connectivity index (χ4n) is 4.11. The predicted octanol–water partition coefficient (Wildman–Crippen LogP) is 7.70. The van der Waals surface area contributed by atoms with Crippen LogP contribution in [0.15, 0.2) is 24.3 Å². The number of aliphatic hydroxyl groups is 1. The highest BCUT2D eigenvalue weighted by Crippen LogP contribution is 2.42. The third-order valence-corrected chi connectivity index (χ3v) is 7.62. The fourth-order valence-corrected chi connectivity index (χ4v) is 4.87. The first-order valence-electron chi connectivity index (χ1n) is 16.3. The van der Waals surface area contributed by atoms with Crippen LogP contribution in [0.5, 0.6) is 0 Å². The van der Waals surface area contributed by atoms with Gasteiger partial charge in [0.25, 0.3) is 0 Å². The van der Waals surface area contributed by atoms with E-state index in [0.29, 0.717) is 6.42 Å². The van der Waals surface area contributed by atoms with E-state index in [4.69, 9.17) is 13.8 Å². The predicted molar refractivity (Wildman–Crippen MR) is 169 cm³/mol. The van der Waals surface area contributed by atoms with Crippen molar-refractivity contribution in [1.29, 1.82) is 0 Å². The second-order valence-corrected chi connectivity index (χ2v) is 12.2. The van der Waals surface area contributed by atoms with E-state index in [1.54, 1.807) is 0 Å². The Morgan fingerprint density at radius 2 is 1.29 bits per heavy atom. The van der Waals surface area contributed by atoms with Gasteiger partial charge in [0.1, 0.15) is 12.7 Å². The summed E-state index contributed by atoms with van der Waals surface area (Å²) in [6, 6.07) is 0. The van der Waals surface area contributed by atoms with Crippen LogP contribution in [0, 0.1) is 0 Å². The molecule has 0 rings (SSSR count). The van der Waals surface area contributed by atoms with E-state index in [0.717, 1.165) is 57.8 Å². The molecule has 0 saturated carbocycles. The zero-order valence-corrected chi connectivity index (χ0v) is 27.3. The Balaban J connectivity index is 3.61. The minimum absolute atomic E-state index is 0.0776. The number of carbonyl (C=O) groups excluding carboxylic acids is 2. The van der Waals surface area contributed by atoms with Crippen molar-refractivity contribution >= 4 is 19.7 Å². The molecule has 3 N–H and O–H groups in total. The van der Waals surface area contributed by atoms with Gasteiger partial charge in [0.2, 0.25) is 5.91 Å². The molecule has 2 atom stereocenters. The Labute approximate surface area is 255 Å². The number of allylic oxidation sites excluding steroid dienone is 4. The summed E-state index contributed by atoms with van der Waals surface area (Å²) in [5.41, 5.74) is 0. The van der Waals surface area contributed by atoms with E-state index in [-0.39, 0.29) is 32.1 Å². The maximum atomic E-state index is 11.9. The zero-order valence-electron chi connectivity index (χ0n) is 26.4. The number of unbranched alkanes of at least 4 members (excludes halogenated alkanes) is 13. The molecule has 0 radical (unpaired) electrons. The van der Waals surface area contributed by atoms with Crippen molar-refractivity contribution in [2.75, 3.05) is 26.4 Å². The van der Waals surface area contributed by atoms with Crippen LogP contribution in [0.25, 0.3) is 0 Å². The number of hydrogen-bond acceptors (Lipinski definition) is 7. The van der Waals surface area contributed by atoms with Gasteiger partial charge in [-0.3, -0.25) is 18.6 Å². The van der Waals surface area contributed by atoms with E-state index in [9.17, 15) is 24.2 Å². The quantitative estimate of drug-likeness (QED) is 0.0323. The summed E-state index contributed by atoms with van der Waals surface area (Å²) in [6.07, 6.45) is 27.5. The number of phosphoric acid groups is 1. The molecule has 0 fully saturated rings. The van der Waals surface area contributed by atoms with Crippen LogP contribution in [-0.4, -0.2) is 54.3 Å². The van der Waals surface area contributed by atoms with Crippen LogP contribution in [0.2, 0.25) is 0 Å². The van der Waals surface area contributed by atoms with Crippen LogP contribution < -0.4 is 5.32 Å². The number of ether oxygens (including phenoxy) is 1. The van der Waals surface area contributed by atoms with E-state index in [1.807, 2.05) is 6.92 Å². The number of carbonyl (C=O) groups is 2. The first-order valence-corrected chi connectivity index (χ1v) is 17.8. The average Bonchev–Trinajstić information content (AvgIpc) is 2.97. The molecule has 9 nitrogen and oxygen atoms in total. The van der Waals surface area contributed by atoms with Gasteiger partial charge in [0, 0.05) is 19.4 Å². The Morgan fingerprint density at radius 1 is 0.738 bits per heavy atom. The van der Waals surface area contributed by atoms with Gasteiger partial charge in [-0.15, -0.1) is 0 Å². The number of hydrogen-bond donors (Lipinski definition) is 3. The number of nitrogens with one attached hydrogen (secondary N) is 1. The molecule has 0 aliphatic heterocycles. The lowest BCUT2D eigenvalue weighted by Gasteiger charge is -2.15. The average molecular weight is 618 g/mol. The molecule has 0 spiro atoms. The van der Waals surface area contributed by atoms with Crippen molar-refractivity contribution in [2.45, 2.75) is 142 Å². The first-order chi connectivity index (χ1) is 20.3. The minimum Gasteiger partial charge on any atom is -0.463 e. The van der Waals surface area contributed by atoms with Crippen LogP contribution in [-0.2, 0) is 27.9 Å². The second kappa shape index (κ2) is 29.6. The summed E-state index contributed by atoms with van der Waals surface area (Å²) >= 11 is 0. The van der Waals surface area contributed by atoms with Gasteiger partial charge < -0.3 is 20.1 Å². The van der Waals surface area contributed by atoms with Gasteiger partial charge in [-0.1, -0.05) is 102 Å². The van der Waals surface area contributed by atoms with Crippen molar-refractivity contribution in [3.8, 4) is 0 Å². The maximum absolute atomic E-state index is 11.9. The van der Waals surface area contributed by atoms with Crippen molar-refractivity contribution in [2.24, 2.45) is 0 Å². The lowest BCUT2D eigenvalue weighted by molar-refractivity contribution is -0.147. The summed E-state index contributed by atoms with van der Waals surface area (Å²) < 4.78 is 26.4. The molecular weight excluding hydrogens is 557 g/mol. The highest BCUT2D eigenvalue weighted by Gasteiger charge is 2.23. The molecule has 10 heteroatoms. The molecule has 2 unspecified atom stereocenters. The highest BCUT2D eigenvalue weighted by atomic mass is 31.2. The van der Waals surface area contributed by atoms with Crippen LogP contribution in [0.4, 0.5) is 0 Å². The van der Waals surface area contributed by atoms with E-state index in [2.05, 4.69) is 36.5 Å². The van der Waals surface area contributed by atoms with Crippen molar-refractivity contribution in [1.82, 2.24) is 5.32 Å². The van der Waals surface area contributed by atoms with Gasteiger partial charge in [0.15, 0.2) is 0 Å². The van der Waals surface area contributed by atoms with Gasteiger partial charge in [-0.05, 0) is 44.9 Å². The Kier molecular flexibility index (Phi) is 28.5. The molecule has 0 bridgehead atoms. The molecular formula is C32H60NO8P.